The molecule has 92 valence electrons. The largest absolute Gasteiger partial charge is 0.350 e. The Hall–Kier alpha value is -1.32. The fourth-order valence-corrected chi connectivity index (χ4v) is 2.79. The minimum Gasteiger partial charge on any atom is -0.350 e. The van der Waals surface area contributed by atoms with Crippen molar-refractivity contribution in [3.05, 3.63) is 18.2 Å². The summed E-state index contributed by atoms with van der Waals surface area (Å²) in [6.45, 7) is 2.16. The summed E-state index contributed by atoms with van der Waals surface area (Å²) in [4.78, 5) is 15.7. The Labute approximate surface area is 101 Å². The Bertz CT molecular complexity index is 436. The van der Waals surface area contributed by atoms with Crippen LogP contribution in [0.25, 0.3) is 0 Å². The molecule has 17 heavy (non-hydrogen) atoms. The standard InChI is InChI=1S/C13H19N3O/c1-2-13(6-5-12(17)15-13)7-11-8-14-9-16(11)10-3-4-10/h8-10H,2-7H2,1H3,(H,15,17). The van der Waals surface area contributed by atoms with Crippen molar-refractivity contribution in [1.82, 2.24) is 14.9 Å². The zero-order chi connectivity index (χ0) is 11.9. The van der Waals surface area contributed by atoms with Crippen LogP contribution in [0.15, 0.2) is 12.5 Å². The van der Waals surface area contributed by atoms with E-state index in [1.807, 2.05) is 12.5 Å². The molecule has 1 aliphatic carbocycles. The molecule has 1 N–H and O–H groups in total. The highest BCUT2D eigenvalue weighted by Crippen LogP contribution is 2.37. The van der Waals surface area contributed by atoms with Crippen LogP contribution in [0.3, 0.4) is 0 Å². The lowest BCUT2D eigenvalue weighted by atomic mass is 9.89. The first kappa shape index (κ1) is 10.8. The summed E-state index contributed by atoms with van der Waals surface area (Å²) in [5.41, 5.74) is 1.25. The topological polar surface area (TPSA) is 46.9 Å². The van der Waals surface area contributed by atoms with Gasteiger partial charge in [0.2, 0.25) is 5.91 Å². The Morgan fingerprint density at radius 1 is 1.59 bits per heavy atom. The predicted molar refractivity (Wildman–Crippen MR) is 64.6 cm³/mol. The van der Waals surface area contributed by atoms with Gasteiger partial charge in [-0.05, 0) is 25.7 Å². The van der Waals surface area contributed by atoms with E-state index in [0.29, 0.717) is 12.5 Å². The second kappa shape index (κ2) is 3.86. The van der Waals surface area contributed by atoms with Crippen LogP contribution in [0.5, 0.6) is 0 Å². The van der Waals surface area contributed by atoms with Crippen molar-refractivity contribution in [3.8, 4) is 0 Å². The number of carbonyl (C=O) groups is 1. The summed E-state index contributed by atoms with van der Waals surface area (Å²) < 4.78 is 2.29. The van der Waals surface area contributed by atoms with E-state index in [4.69, 9.17) is 0 Å². The molecule has 1 saturated carbocycles. The zero-order valence-electron chi connectivity index (χ0n) is 10.3. The Morgan fingerprint density at radius 3 is 3.00 bits per heavy atom. The molecule has 4 heteroatoms. The first-order valence-corrected chi connectivity index (χ1v) is 6.54. The van der Waals surface area contributed by atoms with Crippen molar-refractivity contribution >= 4 is 5.91 Å². The Balaban J connectivity index is 1.80. The molecular weight excluding hydrogens is 214 g/mol. The van der Waals surface area contributed by atoms with Gasteiger partial charge in [0.25, 0.3) is 0 Å². The van der Waals surface area contributed by atoms with E-state index in [1.165, 1.54) is 18.5 Å². The van der Waals surface area contributed by atoms with E-state index < -0.39 is 0 Å². The summed E-state index contributed by atoms with van der Waals surface area (Å²) in [7, 11) is 0. The Kier molecular flexibility index (Phi) is 2.45. The van der Waals surface area contributed by atoms with Crippen molar-refractivity contribution < 1.29 is 4.79 Å². The SMILES string of the molecule is CCC1(Cc2cncn2C2CC2)CCC(=O)N1. The molecule has 2 fully saturated rings. The molecule has 2 aliphatic rings. The van der Waals surface area contributed by atoms with Crippen LogP contribution in [0.1, 0.15) is 50.8 Å². The van der Waals surface area contributed by atoms with Crippen molar-refractivity contribution in [2.45, 2.75) is 57.0 Å². The van der Waals surface area contributed by atoms with Gasteiger partial charge < -0.3 is 9.88 Å². The molecule has 0 radical (unpaired) electrons. The number of rotatable bonds is 4. The fourth-order valence-electron chi connectivity index (χ4n) is 2.79. The molecule has 1 aromatic heterocycles. The number of aromatic nitrogens is 2. The number of imidazole rings is 1. The van der Waals surface area contributed by atoms with Crippen LogP contribution >= 0.6 is 0 Å². The number of carbonyl (C=O) groups excluding carboxylic acids is 1. The molecule has 1 atom stereocenters. The molecule has 0 aromatic carbocycles. The first-order chi connectivity index (χ1) is 8.22. The van der Waals surface area contributed by atoms with Crippen molar-refractivity contribution in [2.75, 3.05) is 0 Å². The summed E-state index contributed by atoms with van der Waals surface area (Å²) in [6, 6.07) is 0.665. The van der Waals surface area contributed by atoms with Gasteiger partial charge in [0, 0.05) is 36.3 Å². The molecule has 1 aromatic rings. The van der Waals surface area contributed by atoms with Gasteiger partial charge in [0.15, 0.2) is 0 Å². The third kappa shape index (κ3) is 1.96. The minimum absolute atomic E-state index is 0.0241. The van der Waals surface area contributed by atoms with Gasteiger partial charge in [-0.25, -0.2) is 4.98 Å². The van der Waals surface area contributed by atoms with Crippen LogP contribution < -0.4 is 5.32 Å². The number of nitrogens with zero attached hydrogens (tertiary/aromatic N) is 2. The highest BCUT2D eigenvalue weighted by atomic mass is 16.2. The third-order valence-corrected chi connectivity index (χ3v) is 4.12. The molecule has 4 nitrogen and oxygen atoms in total. The second-order valence-electron chi connectivity index (χ2n) is 5.38. The zero-order valence-corrected chi connectivity index (χ0v) is 10.3. The molecule has 1 saturated heterocycles. The molecule has 1 unspecified atom stereocenters. The molecule has 0 spiro atoms. The van der Waals surface area contributed by atoms with Gasteiger partial charge in [0.1, 0.15) is 0 Å². The van der Waals surface area contributed by atoms with Crippen LogP contribution in [-0.4, -0.2) is 21.0 Å². The van der Waals surface area contributed by atoms with Crippen LogP contribution in [0.2, 0.25) is 0 Å². The number of nitrogens with one attached hydrogen (secondary N) is 1. The van der Waals surface area contributed by atoms with E-state index in [2.05, 4.69) is 21.8 Å². The molecular formula is C13H19N3O. The highest BCUT2D eigenvalue weighted by molar-refractivity contribution is 5.79. The summed E-state index contributed by atoms with van der Waals surface area (Å²) in [5, 5.41) is 3.16. The maximum absolute atomic E-state index is 11.4. The maximum Gasteiger partial charge on any atom is 0.220 e. The van der Waals surface area contributed by atoms with Gasteiger partial charge in [-0.15, -0.1) is 0 Å². The molecule has 3 rings (SSSR count). The van der Waals surface area contributed by atoms with E-state index in [9.17, 15) is 4.79 Å². The third-order valence-electron chi connectivity index (χ3n) is 4.12. The lowest BCUT2D eigenvalue weighted by Gasteiger charge is -2.28. The van der Waals surface area contributed by atoms with E-state index in [1.54, 1.807) is 0 Å². The smallest absolute Gasteiger partial charge is 0.220 e. The average Bonchev–Trinajstić information content (AvgIpc) is 2.96. The highest BCUT2D eigenvalue weighted by Gasteiger charge is 2.37. The monoisotopic (exact) mass is 233 g/mol. The van der Waals surface area contributed by atoms with Gasteiger partial charge in [-0.1, -0.05) is 6.92 Å². The van der Waals surface area contributed by atoms with Gasteiger partial charge in [-0.3, -0.25) is 4.79 Å². The summed E-state index contributed by atoms with van der Waals surface area (Å²) >= 11 is 0. The van der Waals surface area contributed by atoms with Crippen molar-refractivity contribution in [3.63, 3.8) is 0 Å². The predicted octanol–water partition coefficient (Wildman–Crippen LogP) is 1.82. The molecule has 1 amide bonds. The normalized spacial score (nSPS) is 28.4. The molecule has 2 heterocycles. The van der Waals surface area contributed by atoms with E-state index in [0.717, 1.165) is 19.3 Å². The van der Waals surface area contributed by atoms with Gasteiger partial charge in [-0.2, -0.15) is 0 Å². The fraction of sp³-hybridized carbons (Fsp3) is 0.692. The first-order valence-electron chi connectivity index (χ1n) is 6.54. The number of amides is 1. The van der Waals surface area contributed by atoms with Crippen LogP contribution in [0, 0.1) is 0 Å². The lowest BCUT2D eigenvalue weighted by molar-refractivity contribution is -0.119. The summed E-state index contributed by atoms with van der Waals surface area (Å²) in [6.07, 6.45) is 9.99. The van der Waals surface area contributed by atoms with E-state index in [-0.39, 0.29) is 11.4 Å². The van der Waals surface area contributed by atoms with Gasteiger partial charge in [0.05, 0.1) is 6.33 Å². The van der Waals surface area contributed by atoms with E-state index >= 15 is 0 Å². The summed E-state index contributed by atoms with van der Waals surface area (Å²) in [5.74, 6) is 0.198. The second-order valence-corrected chi connectivity index (χ2v) is 5.38. The molecule has 1 aliphatic heterocycles. The average molecular weight is 233 g/mol. The van der Waals surface area contributed by atoms with Crippen molar-refractivity contribution in [1.29, 1.82) is 0 Å². The van der Waals surface area contributed by atoms with Crippen LogP contribution in [0.4, 0.5) is 0 Å². The van der Waals surface area contributed by atoms with Crippen LogP contribution in [-0.2, 0) is 11.2 Å². The van der Waals surface area contributed by atoms with Crippen molar-refractivity contribution in [2.24, 2.45) is 0 Å². The quantitative estimate of drug-likeness (QED) is 0.862. The number of hydrogen-bond donors (Lipinski definition) is 1. The maximum atomic E-state index is 11.4. The van der Waals surface area contributed by atoms with Gasteiger partial charge >= 0.3 is 0 Å². The molecule has 0 bridgehead atoms. The minimum atomic E-state index is -0.0241. The Morgan fingerprint density at radius 2 is 2.41 bits per heavy atom. The number of hydrogen-bond acceptors (Lipinski definition) is 2. The lowest BCUT2D eigenvalue weighted by Crippen LogP contribution is -2.43.